The van der Waals surface area contributed by atoms with Crippen LogP contribution in [0.2, 0.25) is 0 Å². The monoisotopic (exact) mass is 374 g/mol. The average molecular weight is 374 g/mol. The Morgan fingerprint density at radius 1 is 1.00 bits per heavy atom. The second-order valence-corrected chi connectivity index (χ2v) is 9.25. The molecule has 0 saturated heterocycles. The molecule has 1 amide bonds. The number of aromatic nitrogens is 2. The van der Waals surface area contributed by atoms with Crippen LogP contribution in [0, 0.1) is 16.7 Å². The molecule has 1 aromatic carbocycles. The number of rotatable bonds is 5. The van der Waals surface area contributed by atoms with Crippen molar-refractivity contribution in [2.75, 3.05) is 10.0 Å². The highest BCUT2D eigenvalue weighted by Crippen LogP contribution is 2.68. The fourth-order valence-corrected chi connectivity index (χ4v) is 4.27. The molecule has 2 aromatic rings. The Bertz CT molecular complexity index is 909. The van der Waals surface area contributed by atoms with Gasteiger partial charge in [0.15, 0.2) is 0 Å². The van der Waals surface area contributed by atoms with Gasteiger partial charge in [0.25, 0.3) is 10.0 Å². The zero-order valence-corrected chi connectivity index (χ0v) is 16.0. The largest absolute Gasteiger partial charge is 0.326 e. The van der Waals surface area contributed by atoms with Crippen molar-refractivity contribution in [3.8, 4) is 0 Å². The Labute approximate surface area is 153 Å². The van der Waals surface area contributed by atoms with E-state index in [2.05, 4.69) is 47.7 Å². The van der Waals surface area contributed by atoms with Gasteiger partial charge < -0.3 is 5.32 Å². The van der Waals surface area contributed by atoms with Crippen molar-refractivity contribution in [3.05, 3.63) is 42.7 Å². The van der Waals surface area contributed by atoms with Crippen molar-refractivity contribution < 1.29 is 13.2 Å². The lowest BCUT2D eigenvalue weighted by Crippen LogP contribution is -2.18. The third-order valence-electron chi connectivity index (χ3n) is 5.51. The summed E-state index contributed by atoms with van der Waals surface area (Å²) in [6.45, 7) is 8.29. The highest BCUT2D eigenvalue weighted by Gasteiger charge is 2.68. The smallest absolute Gasteiger partial charge is 0.264 e. The van der Waals surface area contributed by atoms with Crippen LogP contribution >= 0.6 is 0 Å². The van der Waals surface area contributed by atoms with Crippen LogP contribution < -0.4 is 10.0 Å². The minimum Gasteiger partial charge on any atom is -0.326 e. The van der Waals surface area contributed by atoms with E-state index in [0.29, 0.717) is 5.69 Å². The summed E-state index contributed by atoms with van der Waals surface area (Å²) in [6, 6.07) is 7.60. The SMILES string of the molecule is CC1(C)C(C(=O)Nc2ccc(S(=O)(=O)Nc3ncccn3)cc2)C1(C)C. The average Bonchev–Trinajstić information content (AvgIpc) is 2.97. The van der Waals surface area contributed by atoms with E-state index < -0.39 is 10.0 Å². The summed E-state index contributed by atoms with van der Waals surface area (Å²) in [7, 11) is -3.79. The molecule has 0 radical (unpaired) electrons. The van der Waals surface area contributed by atoms with Gasteiger partial charge in [0, 0.05) is 24.0 Å². The molecule has 0 aliphatic heterocycles. The highest BCUT2D eigenvalue weighted by atomic mass is 32.2. The zero-order valence-electron chi connectivity index (χ0n) is 15.1. The van der Waals surface area contributed by atoms with E-state index >= 15 is 0 Å². The zero-order chi connectivity index (χ0) is 19.2. The Balaban J connectivity index is 1.70. The number of hydrogen-bond donors (Lipinski definition) is 2. The third kappa shape index (κ3) is 3.16. The van der Waals surface area contributed by atoms with Crippen LogP contribution in [-0.2, 0) is 14.8 Å². The fraction of sp³-hybridized carbons (Fsp3) is 0.389. The van der Waals surface area contributed by atoms with Crippen LogP contribution in [0.3, 0.4) is 0 Å². The molecule has 1 fully saturated rings. The minimum atomic E-state index is -3.79. The predicted molar refractivity (Wildman–Crippen MR) is 99.0 cm³/mol. The number of benzene rings is 1. The summed E-state index contributed by atoms with van der Waals surface area (Å²) in [5.74, 6) is -0.121. The van der Waals surface area contributed by atoms with Crippen LogP contribution in [0.5, 0.6) is 0 Å². The van der Waals surface area contributed by atoms with Crippen molar-refractivity contribution >= 4 is 27.6 Å². The number of anilines is 2. The Kier molecular flexibility index (Phi) is 4.26. The molecule has 1 aliphatic rings. The van der Waals surface area contributed by atoms with Crippen molar-refractivity contribution in [1.29, 1.82) is 0 Å². The summed E-state index contributed by atoms with van der Waals surface area (Å²) in [6.07, 6.45) is 2.90. The van der Waals surface area contributed by atoms with E-state index in [1.165, 1.54) is 24.5 Å². The van der Waals surface area contributed by atoms with Crippen molar-refractivity contribution in [2.24, 2.45) is 16.7 Å². The molecule has 26 heavy (non-hydrogen) atoms. The van der Waals surface area contributed by atoms with E-state index in [1.54, 1.807) is 18.2 Å². The first-order valence-corrected chi connectivity index (χ1v) is 9.75. The molecule has 1 aliphatic carbocycles. The van der Waals surface area contributed by atoms with Gasteiger partial charge in [-0.2, -0.15) is 0 Å². The number of sulfonamides is 1. The third-order valence-corrected chi connectivity index (χ3v) is 6.85. The first-order valence-electron chi connectivity index (χ1n) is 8.26. The second kappa shape index (κ2) is 6.05. The number of hydrogen-bond acceptors (Lipinski definition) is 5. The number of carbonyl (C=O) groups is 1. The minimum absolute atomic E-state index is 0.00285. The van der Waals surface area contributed by atoms with E-state index in [0.717, 1.165) is 0 Å². The number of carbonyl (C=O) groups excluding carboxylic acids is 1. The topological polar surface area (TPSA) is 101 Å². The lowest BCUT2D eigenvalue weighted by Gasteiger charge is -2.09. The van der Waals surface area contributed by atoms with Gasteiger partial charge in [-0.05, 0) is 41.2 Å². The molecule has 2 N–H and O–H groups in total. The Morgan fingerprint density at radius 3 is 2.04 bits per heavy atom. The highest BCUT2D eigenvalue weighted by molar-refractivity contribution is 7.92. The van der Waals surface area contributed by atoms with Gasteiger partial charge in [-0.15, -0.1) is 0 Å². The molecule has 0 bridgehead atoms. The van der Waals surface area contributed by atoms with Crippen molar-refractivity contribution in [2.45, 2.75) is 32.6 Å². The summed E-state index contributed by atoms with van der Waals surface area (Å²) in [5.41, 5.74) is 0.448. The normalized spacial score (nSPS) is 18.2. The van der Waals surface area contributed by atoms with Crippen LogP contribution in [0.25, 0.3) is 0 Å². The van der Waals surface area contributed by atoms with Crippen LogP contribution in [-0.4, -0.2) is 24.3 Å². The number of nitrogens with one attached hydrogen (secondary N) is 2. The maximum atomic E-state index is 12.5. The first-order chi connectivity index (χ1) is 12.1. The molecule has 0 atom stereocenters. The van der Waals surface area contributed by atoms with Gasteiger partial charge in [0.05, 0.1) is 4.90 Å². The van der Waals surface area contributed by atoms with Gasteiger partial charge in [-0.25, -0.2) is 23.1 Å². The molecule has 0 unspecified atom stereocenters. The molecule has 138 valence electrons. The molecule has 1 saturated carbocycles. The van der Waals surface area contributed by atoms with E-state index in [4.69, 9.17) is 0 Å². The summed E-state index contributed by atoms with van der Waals surface area (Å²) >= 11 is 0. The van der Waals surface area contributed by atoms with Crippen molar-refractivity contribution in [3.63, 3.8) is 0 Å². The van der Waals surface area contributed by atoms with E-state index in [9.17, 15) is 13.2 Å². The molecule has 3 rings (SSSR count). The molecule has 1 aromatic heterocycles. The molecule has 7 nitrogen and oxygen atoms in total. The predicted octanol–water partition coefficient (Wildman–Crippen LogP) is 2.90. The lowest BCUT2D eigenvalue weighted by atomic mass is 10.0. The van der Waals surface area contributed by atoms with Gasteiger partial charge in [0.1, 0.15) is 0 Å². The fourth-order valence-electron chi connectivity index (χ4n) is 3.31. The standard InChI is InChI=1S/C18H22N4O3S/c1-17(2)14(18(17,3)4)15(23)21-12-6-8-13(9-7-12)26(24,25)22-16-19-10-5-11-20-16/h5-11,14H,1-4H3,(H,21,23)(H,19,20,22). The summed E-state index contributed by atoms with van der Waals surface area (Å²) in [4.78, 5) is 20.2. The van der Waals surface area contributed by atoms with E-state index in [1.807, 2.05) is 0 Å². The second-order valence-electron chi connectivity index (χ2n) is 7.57. The molecular weight excluding hydrogens is 352 g/mol. The molecule has 1 heterocycles. The first kappa shape index (κ1) is 18.3. The van der Waals surface area contributed by atoms with Crippen molar-refractivity contribution in [1.82, 2.24) is 9.97 Å². The van der Waals surface area contributed by atoms with Gasteiger partial charge in [-0.3, -0.25) is 4.79 Å². The van der Waals surface area contributed by atoms with Crippen LogP contribution in [0.1, 0.15) is 27.7 Å². The van der Waals surface area contributed by atoms with Crippen LogP contribution in [0.4, 0.5) is 11.6 Å². The van der Waals surface area contributed by atoms with Gasteiger partial charge in [0.2, 0.25) is 11.9 Å². The number of nitrogens with zero attached hydrogens (tertiary/aromatic N) is 2. The van der Waals surface area contributed by atoms with Gasteiger partial charge >= 0.3 is 0 Å². The summed E-state index contributed by atoms with van der Waals surface area (Å²) in [5, 5.41) is 2.86. The van der Waals surface area contributed by atoms with Crippen LogP contribution in [0.15, 0.2) is 47.6 Å². The molecule has 0 spiro atoms. The Morgan fingerprint density at radius 2 is 1.54 bits per heavy atom. The van der Waals surface area contributed by atoms with Gasteiger partial charge in [-0.1, -0.05) is 27.7 Å². The lowest BCUT2D eigenvalue weighted by molar-refractivity contribution is -0.118. The van der Waals surface area contributed by atoms with E-state index in [-0.39, 0.29) is 33.5 Å². The maximum Gasteiger partial charge on any atom is 0.264 e. The Hall–Kier alpha value is -2.48. The quantitative estimate of drug-likeness (QED) is 0.838. The maximum absolute atomic E-state index is 12.5. The molecular formula is C18H22N4O3S. The molecule has 8 heteroatoms. The number of amides is 1. The summed E-state index contributed by atoms with van der Waals surface area (Å²) < 4.78 is 27.0.